The van der Waals surface area contributed by atoms with Gasteiger partial charge in [0.25, 0.3) is 0 Å². The van der Waals surface area contributed by atoms with Crippen LogP contribution >= 0.6 is 11.8 Å². The lowest BCUT2D eigenvalue weighted by Gasteiger charge is -2.14. The highest BCUT2D eigenvalue weighted by Gasteiger charge is 2.20. The van der Waals surface area contributed by atoms with Crippen LogP contribution < -0.4 is 5.32 Å². The van der Waals surface area contributed by atoms with Crippen molar-refractivity contribution in [3.05, 3.63) is 35.9 Å². The third-order valence-corrected chi connectivity index (χ3v) is 5.88. The first-order valence-corrected chi connectivity index (χ1v) is 12.1. The van der Waals surface area contributed by atoms with Gasteiger partial charge in [0.05, 0.1) is 0 Å². The Morgan fingerprint density at radius 2 is 1.55 bits per heavy atom. The topological polar surface area (TPSA) is 75.6 Å². The van der Waals surface area contributed by atoms with Gasteiger partial charge < -0.3 is 15.2 Å². The van der Waals surface area contributed by atoms with Crippen molar-refractivity contribution in [3.8, 4) is 0 Å². The molecule has 5 nitrogen and oxygen atoms in total. The van der Waals surface area contributed by atoms with Gasteiger partial charge in [-0.3, -0.25) is 0 Å². The molecule has 0 aliphatic rings. The number of amides is 1. The van der Waals surface area contributed by atoms with Gasteiger partial charge in [0, 0.05) is 5.75 Å². The molecule has 1 aromatic rings. The van der Waals surface area contributed by atoms with Gasteiger partial charge in [-0.05, 0) is 17.7 Å². The van der Waals surface area contributed by atoms with Gasteiger partial charge in [-0.2, -0.15) is 11.8 Å². The summed E-state index contributed by atoms with van der Waals surface area (Å²) in [6, 6.07) is 8.39. The number of rotatable bonds is 17. The molecule has 0 aliphatic carbocycles. The second-order valence-corrected chi connectivity index (χ2v) is 8.50. The molecule has 6 heteroatoms. The molecular formula is C23H37NO4S. The van der Waals surface area contributed by atoms with Crippen molar-refractivity contribution in [3.63, 3.8) is 0 Å². The minimum Gasteiger partial charge on any atom is -0.480 e. The molecule has 1 amide bonds. The monoisotopic (exact) mass is 423 g/mol. The molecule has 0 bridgehead atoms. The number of unbranched alkanes of at least 4 members (excludes halogenated alkanes) is 9. The zero-order chi connectivity index (χ0) is 21.2. The first-order chi connectivity index (χ1) is 14.1. The maximum Gasteiger partial charge on any atom is 0.408 e. The minimum absolute atomic E-state index is 0.130. The Bertz CT molecular complexity index is 553. The highest BCUT2D eigenvalue weighted by Crippen LogP contribution is 2.13. The average Bonchev–Trinajstić information content (AvgIpc) is 2.72. The number of ether oxygens (including phenoxy) is 1. The Kier molecular flexibility index (Phi) is 15.0. The van der Waals surface area contributed by atoms with Crippen molar-refractivity contribution >= 4 is 23.8 Å². The van der Waals surface area contributed by atoms with Gasteiger partial charge in [-0.15, -0.1) is 0 Å². The van der Waals surface area contributed by atoms with Crippen LogP contribution in [0.3, 0.4) is 0 Å². The first-order valence-electron chi connectivity index (χ1n) is 10.9. The molecule has 0 saturated carbocycles. The number of hydrogen-bond acceptors (Lipinski definition) is 4. The van der Waals surface area contributed by atoms with Gasteiger partial charge in [-0.1, -0.05) is 95.0 Å². The van der Waals surface area contributed by atoms with Crippen LogP contribution in [0.2, 0.25) is 0 Å². The van der Waals surface area contributed by atoms with Crippen LogP contribution in [0.25, 0.3) is 0 Å². The summed E-state index contributed by atoms with van der Waals surface area (Å²) in [4.78, 5) is 23.2. The molecule has 164 valence electrons. The Morgan fingerprint density at radius 1 is 0.966 bits per heavy atom. The van der Waals surface area contributed by atoms with Crippen LogP contribution in [0.4, 0.5) is 4.79 Å². The number of alkyl carbamates (subject to hydrolysis) is 1. The van der Waals surface area contributed by atoms with E-state index >= 15 is 0 Å². The molecule has 1 unspecified atom stereocenters. The van der Waals surface area contributed by atoms with Gasteiger partial charge in [0.1, 0.15) is 12.6 Å². The molecule has 0 fully saturated rings. The third kappa shape index (κ3) is 14.0. The first kappa shape index (κ1) is 25.3. The predicted octanol–water partition coefficient (Wildman–Crippen LogP) is 6.02. The van der Waals surface area contributed by atoms with Crippen molar-refractivity contribution in [1.82, 2.24) is 5.32 Å². The van der Waals surface area contributed by atoms with Crippen LogP contribution in [0.1, 0.15) is 76.7 Å². The number of carbonyl (C=O) groups excluding carboxylic acids is 1. The number of carboxylic acids is 1. The number of nitrogens with one attached hydrogen (secondary N) is 1. The minimum atomic E-state index is -1.03. The highest BCUT2D eigenvalue weighted by atomic mass is 32.2. The van der Waals surface area contributed by atoms with E-state index in [0.29, 0.717) is 5.75 Å². The van der Waals surface area contributed by atoms with E-state index in [0.717, 1.165) is 17.7 Å². The zero-order valence-corrected chi connectivity index (χ0v) is 18.6. The summed E-state index contributed by atoms with van der Waals surface area (Å²) in [7, 11) is 0. The van der Waals surface area contributed by atoms with E-state index in [1.165, 1.54) is 57.8 Å². The quantitative estimate of drug-likeness (QED) is 0.300. The molecule has 0 aliphatic heterocycles. The van der Waals surface area contributed by atoms with E-state index in [9.17, 15) is 14.7 Å². The molecule has 1 rings (SSSR count). The van der Waals surface area contributed by atoms with E-state index in [2.05, 4.69) is 12.2 Å². The highest BCUT2D eigenvalue weighted by molar-refractivity contribution is 7.99. The van der Waals surface area contributed by atoms with Crippen LogP contribution in [-0.2, 0) is 16.1 Å². The molecule has 1 aromatic carbocycles. The van der Waals surface area contributed by atoms with E-state index in [4.69, 9.17) is 4.74 Å². The lowest BCUT2D eigenvalue weighted by molar-refractivity contribution is -0.138. The Morgan fingerprint density at radius 3 is 2.14 bits per heavy atom. The van der Waals surface area contributed by atoms with Gasteiger partial charge in [0.15, 0.2) is 0 Å². The molecule has 0 spiro atoms. The van der Waals surface area contributed by atoms with Crippen molar-refractivity contribution in [2.45, 2.75) is 83.8 Å². The van der Waals surface area contributed by atoms with Crippen molar-refractivity contribution in [2.75, 3.05) is 11.5 Å². The summed E-state index contributed by atoms with van der Waals surface area (Å²) in [5, 5.41) is 11.7. The largest absolute Gasteiger partial charge is 0.480 e. The van der Waals surface area contributed by atoms with Crippen LogP contribution in [0, 0.1) is 0 Å². The summed E-state index contributed by atoms with van der Waals surface area (Å²) in [5.41, 5.74) is 0.866. The number of hydrogen-bond donors (Lipinski definition) is 2. The molecule has 0 aromatic heterocycles. The van der Waals surface area contributed by atoms with Gasteiger partial charge in [0.2, 0.25) is 0 Å². The molecule has 0 heterocycles. The number of carboxylic acid groups (broad SMARTS) is 1. The Labute approximate surface area is 180 Å². The summed E-state index contributed by atoms with van der Waals surface area (Å²) < 4.78 is 5.10. The van der Waals surface area contributed by atoms with Crippen molar-refractivity contribution in [1.29, 1.82) is 0 Å². The summed E-state index contributed by atoms with van der Waals surface area (Å²) in [5.74, 6) is 0.242. The molecule has 1 atom stereocenters. The maximum atomic E-state index is 11.8. The second kappa shape index (κ2) is 17.2. The van der Waals surface area contributed by atoms with Crippen LogP contribution in [0.15, 0.2) is 30.3 Å². The van der Waals surface area contributed by atoms with E-state index in [-0.39, 0.29) is 6.61 Å². The normalized spacial score (nSPS) is 11.8. The SMILES string of the molecule is CCCCCCCCCCCCSCC(NC(=O)OCc1ccccc1)C(=O)O. The molecule has 0 radical (unpaired) electrons. The fourth-order valence-corrected chi connectivity index (χ4v) is 4.01. The third-order valence-electron chi connectivity index (χ3n) is 4.73. The van der Waals surface area contributed by atoms with Crippen molar-refractivity contribution in [2.24, 2.45) is 0 Å². The fraction of sp³-hybridized carbons (Fsp3) is 0.652. The lowest BCUT2D eigenvalue weighted by atomic mass is 10.1. The number of thioether (sulfide) groups is 1. The van der Waals surface area contributed by atoms with E-state index in [1.807, 2.05) is 30.3 Å². The van der Waals surface area contributed by atoms with Gasteiger partial charge >= 0.3 is 12.1 Å². The molecular weight excluding hydrogens is 386 g/mol. The average molecular weight is 424 g/mol. The standard InChI is InChI=1S/C23H37NO4S/c1-2-3-4-5-6-7-8-9-10-14-17-29-19-21(22(25)26)24-23(27)28-18-20-15-12-11-13-16-20/h11-13,15-16,21H,2-10,14,17-19H2,1H3,(H,24,27)(H,25,26). The Balaban J connectivity index is 2.05. The van der Waals surface area contributed by atoms with Gasteiger partial charge in [-0.25, -0.2) is 9.59 Å². The number of benzene rings is 1. The summed E-state index contributed by atoms with van der Waals surface area (Å²) in [6.45, 7) is 2.37. The number of aliphatic carboxylic acids is 1. The fourth-order valence-electron chi connectivity index (χ4n) is 2.97. The predicted molar refractivity (Wildman–Crippen MR) is 120 cm³/mol. The second-order valence-electron chi connectivity index (χ2n) is 7.35. The summed E-state index contributed by atoms with van der Waals surface area (Å²) >= 11 is 1.57. The maximum absolute atomic E-state index is 11.8. The molecule has 2 N–H and O–H groups in total. The van der Waals surface area contributed by atoms with Crippen LogP contribution in [-0.4, -0.2) is 34.7 Å². The van der Waals surface area contributed by atoms with E-state index < -0.39 is 18.1 Å². The molecule has 0 saturated heterocycles. The smallest absolute Gasteiger partial charge is 0.408 e. The van der Waals surface area contributed by atoms with E-state index in [1.54, 1.807) is 11.8 Å². The molecule has 29 heavy (non-hydrogen) atoms. The summed E-state index contributed by atoms with van der Waals surface area (Å²) in [6.07, 6.45) is 12.2. The van der Waals surface area contributed by atoms with Crippen molar-refractivity contribution < 1.29 is 19.4 Å². The van der Waals surface area contributed by atoms with Crippen LogP contribution in [0.5, 0.6) is 0 Å². The zero-order valence-electron chi connectivity index (χ0n) is 17.7. The number of carbonyl (C=O) groups is 2. The lowest BCUT2D eigenvalue weighted by Crippen LogP contribution is -2.42. The Hall–Kier alpha value is -1.69.